The van der Waals surface area contributed by atoms with Gasteiger partial charge in [-0.3, -0.25) is 0 Å². The molecule has 0 saturated heterocycles. The predicted molar refractivity (Wildman–Crippen MR) is 62.1 cm³/mol. The molecule has 0 aliphatic rings. The van der Waals surface area contributed by atoms with Gasteiger partial charge in [-0.15, -0.1) is 0 Å². The maximum atomic E-state index is 5.89. The molecule has 0 nitrogen and oxygen atoms in total. The monoisotopic (exact) mass is 318 g/mol. The summed E-state index contributed by atoms with van der Waals surface area (Å²) in [7, 11) is 11.8. The number of hydrogen-bond donors (Lipinski definition) is 0. The van der Waals surface area contributed by atoms with Crippen LogP contribution in [0.15, 0.2) is 18.2 Å². The first kappa shape index (κ1) is 12.4. The number of halogens is 2. The molecule has 0 saturated carbocycles. The number of rotatable bonds is 2. The Morgan fingerprint density at radius 2 is 1.93 bits per heavy atom. The molecular weight excluding hydrogens is 304 g/mol. The summed E-state index contributed by atoms with van der Waals surface area (Å²) in [4.78, 5) is 0. The van der Waals surface area contributed by atoms with E-state index in [1.54, 1.807) is 0 Å². The molecule has 0 heterocycles. The van der Waals surface area contributed by atoms with Crippen LogP contribution in [0.4, 0.5) is 0 Å². The molecule has 1 aromatic carbocycles. The van der Waals surface area contributed by atoms with Crippen LogP contribution in [0.25, 0.3) is 0 Å². The first-order valence-electron chi connectivity index (χ1n) is 4.44. The van der Waals surface area contributed by atoms with E-state index >= 15 is 0 Å². The molecule has 0 bridgehead atoms. The van der Waals surface area contributed by atoms with Crippen LogP contribution in [-0.4, -0.2) is 4.61 Å². The summed E-state index contributed by atoms with van der Waals surface area (Å²) in [6.45, 7) is 6.45. The molecule has 1 aromatic rings. The summed E-state index contributed by atoms with van der Waals surface area (Å²) in [5.41, 5.74) is 3.80. The van der Waals surface area contributed by atoms with Crippen molar-refractivity contribution in [3.63, 3.8) is 0 Å². The zero-order valence-electron chi connectivity index (χ0n) is 8.50. The Morgan fingerprint density at radius 3 is 2.43 bits per heavy atom. The average Bonchev–Trinajstić information content (AvgIpc) is 2.01. The summed E-state index contributed by atoms with van der Waals surface area (Å²) < 4.78 is 2.02. The summed E-state index contributed by atoms with van der Waals surface area (Å²) in [5.74, 6) is 0.517. The summed E-state index contributed by atoms with van der Waals surface area (Å²) >= 11 is -1.71. The van der Waals surface area contributed by atoms with Crippen molar-refractivity contribution in [3.8, 4) is 0 Å². The minimum absolute atomic E-state index is 0.517. The van der Waals surface area contributed by atoms with Crippen LogP contribution in [-0.2, 0) is 13.5 Å². The Morgan fingerprint density at radius 1 is 1.29 bits per heavy atom. The van der Waals surface area contributed by atoms with Crippen molar-refractivity contribution >= 4 is 24.0 Å². The third-order valence-corrected chi connectivity index (χ3v) is 3.88. The van der Waals surface area contributed by atoms with Gasteiger partial charge in [0.05, 0.1) is 0 Å². The average molecular weight is 318 g/mol. The van der Waals surface area contributed by atoms with Gasteiger partial charge in [-0.2, -0.15) is 0 Å². The molecule has 3 heteroatoms. The Bertz CT molecular complexity index is 352. The van der Waals surface area contributed by atoms with Crippen LogP contribution in [0, 0.1) is 6.92 Å². The van der Waals surface area contributed by atoms with Crippen LogP contribution in [0.1, 0.15) is 36.5 Å². The fourth-order valence-electron chi connectivity index (χ4n) is 1.39. The molecule has 0 spiro atoms. The van der Waals surface area contributed by atoms with Gasteiger partial charge in [-0.25, -0.2) is 0 Å². The van der Waals surface area contributed by atoms with Gasteiger partial charge in [0.15, 0.2) is 0 Å². The molecule has 0 aromatic heterocycles. The molecule has 0 aliphatic heterocycles. The van der Waals surface area contributed by atoms with Crippen LogP contribution >= 0.6 is 19.4 Å². The van der Waals surface area contributed by atoms with Crippen molar-refractivity contribution in [2.24, 2.45) is 0 Å². The number of benzene rings is 1. The van der Waals surface area contributed by atoms with Gasteiger partial charge in [0, 0.05) is 0 Å². The topological polar surface area (TPSA) is 0 Å². The predicted octanol–water partition coefficient (Wildman–Crippen LogP) is 4.19. The molecule has 80 valence electrons. The van der Waals surface area contributed by atoms with Gasteiger partial charge in [-0.1, -0.05) is 0 Å². The van der Waals surface area contributed by atoms with E-state index in [0.29, 0.717) is 5.92 Å². The zero-order chi connectivity index (χ0) is 10.7. The summed E-state index contributed by atoms with van der Waals surface area (Å²) in [6.07, 6.45) is 0. The molecule has 0 N–H and O–H groups in total. The van der Waals surface area contributed by atoms with Crippen LogP contribution < -0.4 is 0 Å². The molecule has 14 heavy (non-hydrogen) atoms. The minimum atomic E-state index is -1.71. The number of hydrogen-bond acceptors (Lipinski definition) is 0. The van der Waals surface area contributed by atoms with Crippen LogP contribution in [0.2, 0.25) is 0 Å². The van der Waals surface area contributed by atoms with E-state index < -0.39 is 13.5 Å². The standard InChI is InChI=1S/C11H14.2ClH.Ru/c1-8(2)11-6-5-9(3)7-10(11)4;;;/h4-8H,1-3H3;2*1H;/q;;;+2/p-2. The molecule has 0 aliphatic carbocycles. The normalized spacial score (nSPS) is 11.7. The molecule has 1 rings (SSSR count). The van der Waals surface area contributed by atoms with E-state index in [1.807, 2.05) is 4.61 Å². The molecule has 0 amide bonds. The second-order valence-corrected chi connectivity index (χ2v) is 9.32. The molecular formula is C11H14Cl2Ru. The van der Waals surface area contributed by atoms with Crippen molar-refractivity contribution in [2.75, 3.05) is 0 Å². The first-order valence-corrected chi connectivity index (χ1v) is 9.92. The van der Waals surface area contributed by atoms with Crippen molar-refractivity contribution in [3.05, 3.63) is 34.9 Å². The molecule has 0 radical (unpaired) electrons. The van der Waals surface area contributed by atoms with Crippen molar-refractivity contribution < 1.29 is 13.5 Å². The quantitative estimate of drug-likeness (QED) is 0.717. The Labute approximate surface area is 98.7 Å². The van der Waals surface area contributed by atoms with E-state index in [2.05, 4.69) is 39.0 Å². The third-order valence-electron chi connectivity index (χ3n) is 2.05. The fraction of sp³-hybridized carbons (Fsp3) is 0.364. The Balaban J connectivity index is 3.23. The van der Waals surface area contributed by atoms with Gasteiger partial charge in [0.1, 0.15) is 0 Å². The van der Waals surface area contributed by atoms with Gasteiger partial charge in [0.25, 0.3) is 0 Å². The second kappa shape index (κ2) is 5.40. The second-order valence-electron chi connectivity index (χ2n) is 3.59. The van der Waals surface area contributed by atoms with E-state index in [1.165, 1.54) is 16.7 Å². The van der Waals surface area contributed by atoms with Crippen LogP contribution in [0.3, 0.4) is 0 Å². The SMILES string of the molecule is Cc1ccc(C(C)C)c([CH]=[Ru]([Cl])[Cl])c1. The van der Waals surface area contributed by atoms with E-state index in [4.69, 9.17) is 19.4 Å². The van der Waals surface area contributed by atoms with Gasteiger partial charge < -0.3 is 0 Å². The van der Waals surface area contributed by atoms with E-state index in [-0.39, 0.29) is 0 Å². The Hall–Kier alpha value is 0.293. The first-order chi connectivity index (χ1) is 6.50. The molecule has 0 unspecified atom stereocenters. The molecule has 0 fully saturated rings. The summed E-state index contributed by atoms with van der Waals surface area (Å²) in [6, 6.07) is 6.45. The van der Waals surface area contributed by atoms with Crippen LogP contribution in [0.5, 0.6) is 0 Å². The number of aryl methyl sites for hydroxylation is 1. The summed E-state index contributed by atoms with van der Waals surface area (Å²) in [5, 5.41) is 0. The van der Waals surface area contributed by atoms with Gasteiger partial charge in [-0.05, 0) is 0 Å². The van der Waals surface area contributed by atoms with E-state index in [0.717, 1.165) is 0 Å². The van der Waals surface area contributed by atoms with E-state index in [9.17, 15) is 0 Å². The fourth-order valence-corrected chi connectivity index (χ4v) is 3.22. The maximum absolute atomic E-state index is 5.89. The van der Waals surface area contributed by atoms with Crippen molar-refractivity contribution in [1.82, 2.24) is 0 Å². The van der Waals surface area contributed by atoms with Crippen molar-refractivity contribution in [2.45, 2.75) is 26.7 Å². The van der Waals surface area contributed by atoms with Crippen molar-refractivity contribution in [1.29, 1.82) is 0 Å². The Kier molecular flexibility index (Phi) is 4.77. The third kappa shape index (κ3) is 3.46. The van der Waals surface area contributed by atoms with Gasteiger partial charge in [0.2, 0.25) is 0 Å². The van der Waals surface area contributed by atoms with Gasteiger partial charge >= 0.3 is 99.1 Å². The zero-order valence-corrected chi connectivity index (χ0v) is 11.7. The molecule has 0 atom stereocenters.